The molecular weight excluding hydrogens is 206 g/mol. The van der Waals surface area contributed by atoms with Gasteiger partial charge in [0.2, 0.25) is 0 Å². The van der Waals surface area contributed by atoms with E-state index >= 15 is 0 Å². The molecule has 0 radical (unpaired) electrons. The summed E-state index contributed by atoms with van der Waals surface area (Å²) in [6, 6.07) is 6.13. The lowest BCUT2D eigenvalue weighted by Crippen LogP contribution is -2.11. The predicted molar refractivity (Wildman–Crippen MR) is 62.2 cm³/mol. The quantitative estimate of drug-likeness (QED) is 0.782. The van der Waals surface area contributed by atoms with Crippen molar-refractivity contribution in [1.82, 2.24) is 4.98 Å². The fraction of sp³-hybridized carbons (Fsp3) is 0.455. The van der Waals surface area contributed by atoms with Gasteiger partial charge in [-0.25, -0.2) is 4.98 Å². The number of hydrogen-bond acceptors (Lipinski definition) is 4. The third-order valence-corrected chi connectivity index (χ3v) is 3.61. The zero-order chi connectivity index (χ0) is 10.8. The molecule has 3 nitrogen and oxygen atoms in total. The fourth-order valence-corrected chi connectivity index (χ4v) is 2.31. The van der Waals surface area contributed by atoms with Crippen LogP contribution in [0.1, 0.15) is 18.5 Å². The number of rotatable bonds is 3. The van der Waals surface area contributed by atoms with Crippen LogP contribution < -0.4 is 4.90 Å². The molecule has 78 valence electrons. The molecular formula is C11H13N3S. The van der Waals surface area contributed by atoms with E-state index in [0.717, 1.165) is 10.7 Å². The first-order valence-corrected chi connectivity index (χ1v) is 5.84. The van der Waals surface area contributed by atoms with Crippen molar-refractivity contribution >= 4 is 17.6 Å². The van der Waals surface area contributed by atoms with Gasteiger partial charge in [0.1, 0.15) is 11.9 Å². The van der Waals surface area contributed by atoms with Gasteiger partial charge in [-0.05, 0) is 25.0 Å². The predicted octanol–water partition coefficient (Wildman–Crippen LogP) is 2.27. The summed E-state index contributed by atoms with van der Waals surface area (Å²) in [5.41, 5.74) is 0.554. The average Bonchev–Trinajstić information content (AvgIpc) is 3.02. The molecule has 0 spiro atoms. The number of hydrogen-bond donors (Lipinski definition) is 0. The van der Waals surface area contributed by atoms with Gasteiger partial charge in [-0.1, -0.05) is 0 Å². The minimum Gasteiger partial charge on any atom is -0.363 e. The molecule has 0 atom stereocenters. The van der Waals surface area contributed by atoms with E-state index in [1.54, 1.807) is 11.8 Å². The average molecular weight is 219 g/mol. The van der Waals surface area contributed by atoms with Crippen LogP contribution in [0.2, 0.25) is 0 Å². The van der Waals surface area contributed by atoms with Crippen LogP contribution in [0.3, 0.4) is 0 Å². The van der Waals surface area contributed by atoms with E-state index in [2.05, 4.69) is 11.1 Å². The molecule has 0 N–H and O–H groups in total. The minimum absolute atomic E-state index is 0.554. The number of nitrogens with zero attached hydrogens (tertiary/aromatic N) is 3. The van der Waals surface area contributed by atoms with E-state index in [0.29, 0.717) is 10.9 Å². The van der Waals surface area contributed by atoms with Crippen LogP contribution in [0, 0.1) is 11.3 Å². The summed E-state index contributed by atoms with van der Waals surface area (Å²) in [6.07, 6.45) is 2.54. The number of thioether (sulfide) groups is 1. The maximum atomic E-state index is 9.01. The molecule has 0 amide bonds. The second kappa shape index (κ2) is 4.11. The molecule has 0 saturated heterocycles. The van der Waals surface area contributed by atoms with Crippen LogP contribution in [0.4, 0.5) is 5.82 Å². The Labute approximate surface area is 94.1 Å². The summed E-state index contributed by atoms with van der Waals surface area (Å²) >= 11 is 1.78. The first kappa shape index (κ1) is 10.3. The number of pyridine rings is 1. The van der Waals surface area contributed by atoms with Gasteiger partial charge >= 0.3 is 0 Å². The Morgan fingerprint density at radius 2 is 2.20 bits per heavy atom. The molecule has 4 heteroatoms. The van der Waals surface area contributed by atoms with Crippen molar-refractivity contribution in [3.05, 3.63) is 17.8 Å². The van der Waals surface area contributed by atoms with Crippen LogP contribution >= 0.6 is 11.8 Å². The van der Waals surface area contributed by atoms with Gasteiger partial charge in [-0.15, -0.1) is 11.8 Å². The van der Waals surface area contributed by atoms with E-state index in [1.807, 2.05) is 31.1 Å². The molecule has 1 aromatic heterocycles. The third-order valence-electron chi connectivity index (χ3n) is 2.23. The van der Waals surface area contributed by atoms with Crippen molar-refractivity contribution in [2.24, 2.45) is 0 Å². The number of aromatic nitrogens is 1. The van der Waals surface area contributed by atoms with Gasteiger partial charge in [0.05, 0.1) is 0 Å². The highest BCUT2D eigenvalue weighted by Gasteiger charge is 2.24. The van der Waals surface area contributed by atoms with Gasteiger partial charge in [0, 0.05) is 24.2 Å². The van der Waals surface area contributed by atoms with Crippen molar-refractivity contribution < 1.29 is 0 Å². The molecule has 1 aliphatic rings. The Hall–Kier alpha value is -1.21. The molecule has 0 bridgehead atoms. The van der Waals surface area contributed by atoms with Gasteiger partial charge in [0.15, 0.2) is 5.69 Å². The smallest absolute Gasteiger partial charge is 0.156 e. The maximum Gasteiger partial charge on any atom is 0.156 e. The Kier molecular flexibility index (Phi) is 2.83. The summed E-state index contributed by atoms with van der Waals surface area (Å²) in [4.78, 5) is 7.24. The highest BCUT2D eigenvalue weighted by Crippen LogP contribution is 2.40. The SMILES string of the molecule is CN(C)c1ccc(SC2CC2)c(C#N)n1. The molecule has 0 aliphatic heterocycles. The van der Waals surface area contributed by atoms with Crippen molar-refractivity contribution in [3.63, 3.8) is 0 Å². The Bertz CT molecular complexity index is 405. The summed E-state index contributed by atoms with van der Waals surface area (Å²) in [5, 5.41) is 9.73. The minimum atomic E-state index is 0.554. The van der Waals surface area contributed by atoms with E-state index in [4.69, 9.17) is 5.26 Å². The maximum absolute atomic E-state index is 9.01. The van der Waals surface area contributed by atoms with Crippen LogP contribution in [0.5, 0.6) is 0 Å². The number of nitriles is 1. The highest BCUT2D eigenvalue weighted by molar-refractivity contribution is 8.00. The van der Waals surface area contributed by atoms with E-state index in [-0.39, 0.29) is 0 Å². The Morgan fingerprint density at radius 3 is 2.73 bits per heavy atom. The van der Waals surface area contributed by atoms with Crippen LogP contribution in [-0.4, -0.2) is 24.3 Å². The molecule has 0 aromatic carbocycles. The number of anilines is 1. The first-order chi connectivity index (χ1) is 7.20. The second-order valence-corrected chi connectivity index (χ2v) is 5.18. The molecule has 1 aliphatic carbocycles. The summed E-state index contributed by atoms with van der Waals surface area (Å²) in [5.74, 6) is 0.840. The highest BCUT2D eigenvalue weighted by atomic mass is 32.2. The van der Waals surface area contributed by atoms with E-state index < -0.39 is 0 Å². The van der Waals surface area contributed by atoms with Crippen LogP contribution in [0.25, 0.3) is 0 Å². The molecule has 1 aromatic rings. The zero-order valence-corrected chi connectivity index (χ0v) is 9.71. The summed E-state index contributed by atoms with van der Waals surface area (Å²) < 4.78 is 0. The zero-order valence-electron chi connectivity index (χ0n) is 8.90. The molecule has 1 heterocycles. The van der Waals surface area contributed by atoms with Gasteiger partial charge < -0.3 is 4.90 Å². The largest absolute Gasteiger partial charge is 0.363 e. The lowest BCUT2D eigenvalue weighted by atomic mass is 10.3. The van der Waals surface area contributed by atoms with Gasteiger partial charge in [-0.3, -0.25) is 0 Å². The molecule has 0 unspecified atom stereocenters. The van der Waals surface area contributed by atoms with Crippen molar-refractivity contribution in [1.29, 1.82) is 5.26 Å². The molecule has 15 heavy (non-hydrogen) atoms. The van der Waals surface area contributed by atoms with Gasteiger partial charge in [-0.2, -0.15) is 5.26 Å². The van der Waals surface area contributed by atoms with E-state index in [1.165, 1.54) is 12.8 Å². The van der Waals surface area contributed by atoms with Crippen molar-refractivity contribution in [2.75, 3.05) is 19.0 Å². The Balaban J connectivity index is 2.26. The van der Waals surface area contributed by atoms with Crippen LogP contribution in [0.15, 0.2) is 17.0 Å². The van der Waals surface area contributed by atoms with Crippen molar-refractivity contribution in [3.8, 4) is 6.07 Å². The van der Waals surface area contributed by atoms with Crippen LogP contribution in [-0.2, 0) is 0 Å². The topological polar surface area (TPSA) is 39.9 Å². The molecule has 2 rings (SSSR count). The lowest BCUT2D eigenvalue weighted by Gasteiger charge is -2.12. The monoisotopic (exact) mass is 219 g/mol. The van der Waals surface area contributed by atoms with Gasteiger partial charge in [0.25, 0.3) is 0 Å². The molecule has 1 fully saturated rings. The standard InChI is InChI=1S/C11H13N3S/c1-14(2)11-6-5-10(9(7-12)13-11)15-8-3-4-8/h5-6,8H,3-4H2,1-2H3. The fourth-order valence-electron chi connectivity index (χ4n) is 1.23. The van der Waals surface area contributed by atoms with Crippen molar-refractivity contribution in [2.45, 2.75) is 23.0 Å². The third kappa shape index (κ3) is 2.42. The van der Waals surface area contributed by atoms with E-state index in [9.17, 15) is 0 Å². The first-order valence-electron chi connectivity index (χ1n) is 4.96. The normalized spacial score (nSPS) is 14.7. The lowest BCUT2D eigenvalue weighted by molar-refractivity contribution is 1.04. The molecule has 1 saturated carbocycles. The Morgan fingerprint density at radius 1 is 1.47 bits per heavy atom. The second-order valence-electron chi connectivity index (χ2n) is 3.84. The summed E-state index contributed by atoms with van der Waals surface area (Å²) in [6.45, 7) is 0. The summed E-state index contributed by atoms with van der Waals surface area (Å²) in [7, 11) is 3.86.